The molecule has 0 aliphatic heterocycles. The molecule has 13 heteroatoms. The zero-order valence-corrected chi connectivity index (χ0v) is 25.2. The number of nitrogens with one attached hydrogen (secondary N) is 3. The molecule has 0 saturated heterocycles. The predicted octanol–water partition coefficient (Wildman–Crippen LogP) is -0.0917. The molecule has 0 aliphatic rings. The van der Waals surface area contributed by atoms with E-state index in [-0.39, 0.29) is 25.4 Å². The van der Waals surface area contributed by atoms with Gasteiger partial charge in [0.1, 0.15) is 6.04 Å². The highest BCUT2D eigenvalue weighted by molar-refractivity contribution is 7.92. The number of aliphatic hydroxyl groups is 1. The van der Waals surface area contributed by atoms with Gasteiger partial charge in [0.05, 0.1) is 29.2 Å². The Morgan fingerprint density at radius 1 is 0.947 bits per heavy atom. The van der Waals surface area contributed by atoms with Crippen molar-refractivity contribution in [3.63, 3.8) is 0 Å². The summed E-state index contributed by atoms with van der Waals surface area (Å²) in [5.41, 5.74) is 0.762. The van der Waals surface area contributed by atoms with Crippen LogP contribution in [0, 0.1) is 5.92 Å². The maximum atomic E-state index is 13.6. The number of nitrogens with zero attached hydrogens (tertiary/aromatic N) is 1. The quantitative estimate of drug-likeness (QED) is 0.225. The Morgan fingerprint density at radius 3 is 1.95 bits per heavy atom. The minimum atomic E-state index is -3.84. The average molecular weight is 577 g/mol. The fourth-order valence-corrected chi connectivity index (χ4v) is 5.26. The van der Waals surface area contributed by atoms with Gasteiger partial charge < -0.3 is 21.1 Å². The van der Waals surface area contributed by atoms with E-state index in [4.69, 9.17) is 0 Å². The molecule has 38 heavy (non-hydrogen) atoms. The van der Waals surface area contributed by atoms with Gasteiger partial charge in [-0.05, 0) is 45.7 Å². The smallest absolute Gasteiger partial charge is 0.244 e. The van der Waals surface area contributed by atoms with Gasteiger partial charge in [0.15, 0.2) is 9.84 Å². The van der Waals surface area contributed by atoms with Crippen molar-refractivity contribution in [1.82, 2.24) is 20.3 Å². The molecular formula is C25H44N4O7S2. The first-order valence-corrected chi connectivity index (χ1v) is 16.2. The fraction of sp³-hybridized carbons (Fsp3) is 0.680. The van der Waals surface area contributed by atoms with Crippen molar-refractivity contribution in [2.24, 2.45) is 5.92 Å². The van der Waals surface area contributed by atoms with Crippen LogP contribution in [0.25, 0.3) is 0 Å². The first kappa shape index (κ1) is 34.0. The van der Waals surface area contributed by atoms with Gasteiger partial charge in [-0.15, -0.1) is 0 Å². The molecule has 4 unspecified atom stereocenters. The largest absolute Gasteiger partial charge is 0.390 e. The van der Waals surface area contributed by atoms with Crippen molar-refractivity contribution in [3.8, 4) is 0 Å². The van der Waals surface area contributed by atoms with Crippen LogP contribution < -0.4 is 16.0 Å². The van der Waals surface area contributed by atoms with Crippen LogP contribution >= 0.6 is 0 Å². The number of sulfonamides is 1. The molecule has 0 radical (unpaired) electrons. The maximum Gasteiger partial charge on any atom is 0.244 e. The molecule has 0 bridgehead atoms. The van der Waals surface area contributed by atoms with Crippen LogP contribution in [0.1, 0.15) is 40.2 Å². The third-order valence-corrected chi connectivity index (χ3v) is 9.93. The predicted molar refractivity (Wildman–Crippen MR) is 149 cm³/mol. The second-order valence-corrected chi connectivity index (χ2v) is 15.3. The zero-order valence-electron chi connectivity index (χ0n) is 23.6. The van der Waals surface area contributed by atoms with Gasteiger partial charge in [-0.25, -0.2) is 16.8 Å². The molecule has 0 saturated carbocycles. The van der Waals surface area contributed by atoms with Crippen molar-refractivity contribution in [2.75, 3.05) is 32.6 Å². The lowest BCUT2D eigenvalue weighted by atomic mass is 9.97. The van der Waals surface area contributed by atoms with Crippen LogP contribution in [-0.4, -0.2) is 99.7 Å². The van der Waals surface area contributed by atoms with Gasteiger partial charge in [-0.1, -0.05) is 44.2 Å². The number of carbonyl (C=O) groups is 2. The summed E-state index contributed by atoms with van der Waals surface area (Å²) >= 11 is 0. The van der Waals surface area contributed by atoms with Gasteiger partial charge in [0.25, 0.3) is 0 Å². The molecule has 218 valence electrons. The Bertz CT molecular complexity index is 1140. The summed E-state index contributed by atoms with van der Waals surface area (Å²) in [6.45, 7) is 7.83. The Kier molecular flexibility index (Phi) is 12.4. The highest BCUT2D eigenvalue weighted by Crippen LogP contribution is 2.22. The molecule has 11 nitrogen and oxygen atoms in total. The van der Waals surface area contributed by atoms with Crippen LogP contribution in [0.5, 0.6) is 0 Å². The molecule has 0 heterocycles. The summed E-state index contributed by atoms with van der Waals surface area (Å²) in [4.78, 5) is 26.3. The molecule has 4 atom stereocenters. The molecule has 2 amide bonds. The van der Waals surface area contributed by atoms with Gasteiger partial charge in [-0.3, -0.25) is 9.59 Å². The lowest BCUT2D eigenvalue weighted by molar-refractivity contribution is -0.131. The number of likely N-dealkylation sites (N-methyl/N-ethyl adjacent to an activating group) is 1. The summed E-state index contributed by atoms with van der Waals surface area (Å²) in [5, 5.41) is 19.2. The standard InChI is InChI=1S/C25H44N4O7S2/c1-17(2)15-29(38(8,35)36)16-21(30)20(14-19-12-10-9-11-13-19)27-24(32)22(25(4,5)37(7,33)34)28-23(31)18(3)26-6/h9-13,17-18,20-22,26,30H,14-16H2,1-8H3,(H,27,32)(H,28,31). The number of rotatable bonds is 15. The topological polar surface area (TPSA) is 162 Å². The van der Waals surface area contributed by atoms with Crippen molar-refractivity contribution >= 4 is 31.7 Å². The van der Waals surface area contributed by atoms with Gasteiger partial charge in [0.2, 0.25) is 21.8 Å². The Balaban J connectivity index is 3.42. The summed E-state index contributed by atoms with van der Waals surface area (Å²) < 4.78 is 49.4. The number of sulfone groups is 1. The number of amides is 2. The van der Waals surface area contributed by atoms with Crippen LogP contribution in [0.15, 0.2) is 30.3 Å². The van der Waals surface area contributed by atoms with Gasteiger partial charge >= 0.3 is 0 Å². The molecular weight excluding hydrogens is 532 g/mol. The zero-order chi connectivity index (χ0) is 29.5. The molecule has 0 fully saturated rings. The second-order valence-electron chi connectivity index (χ2n) is 10.7. The molecule has 1 aromatic carbocycles. The third kappa shape index (κ3) is 9.92. The minimum Gasteiger partial charge on any atom is -0.390 e. The van der Waals surface area contributed by atoms with Gasteiger partial charge in [0, 0.05) is 19.3 Å². The van der Waals surface area contributed by atoms with E-state index >= 15 is 0 Å². The van der Waals surface area contributed by atoms with E-state index in [1.165, 1.54) is 13.8 Å². The summed E-state index contributed by atoms with van der Waals surface area (Å²) in [6, 6.07) is 5.79. The van der Waals surface area contributed by atoms with Crippen molar-refractivity contribution in [3.05, 3.63) is 35.9 Å². The fourth-order valence-electron chi connectivity index (χ4n) is 3.67. The van der Waals surface area contributed by atoms with E-state index in [1.54, 1.807) is 38.2 Å². The Hall–Kier alpha value is -2.06. The average Bonchev–Trinajstić information content (AvgIpc) is 2.79. The number of hydrogen-bond donors (Lipinski definition) is 4. The van der Waals surface area contributed by atoms with Gasteiger partial charge in [-0.2, -0.15) is 4.31 Å². The van der Waals surface area contributed by atoms with E-state index in [1.807, 2.05) is 19.9 Å². The third-order valence-electron chi connectivity index (χ3n) is 6.54. The first-order chi connectivity index (χ1) is 17.3. The number of benzene rings is 1. The first-order valence-electron chi connectivity index (χ1n) is 12.5. The van der Waals surface area contributed by atoms with Crippen LogP contribution in [-0.2, 0) is 35.9 Å². The van der Waals surface area contributed by atoms with E-state index in [2.05, 4.69) is 16.0 Å². The molecule has 1 aromatic rings. The van der Waals surface area contributed by atoms with E-state index in [0.29, 0.717) is 0 Å². The van der Waals surface area contributed by atoms with Crippen molar-refractivity contribution < 1.29 is 31.5 Å². The molecule has 0 spiro atoms. The van der Waals surface area contributed by atoms with E-state index in [9.17, 15) is 31.5 Å². The van der Waals surface area contributed by atoms with Crippen LogP contribution in [0.3, 0.4) is 0 Å². The molecule has 0 aliphatic carbocycles. The number of hydrogen-bond acceptors (Lipinski definition) is 8. The van der Waals surface area contributed by atoms with Crippen LogP contribution in [0.2, 0.25) is 0 Å². The molecule has 1 rings (SSSR count). The van der Waals surface area contributed by atoms with E-state index in [0.717, 1.165) is 22.4 Å². The summed E-state index contributed by atoms with van der Waals surface area (Å²) in [7, 11) is -5.94. The number of aliphatic hydroxyl groups excluding tert-OH is 1. The maximum absolute atomic E-state index is 13.6. The number of carbonyl (C=O) groups excluding carboxylic acids is 2. The molecule has 0 aromatic heterocycles. The molecule has 4 N–H and O–H groups in total. The monoisotopic (exact) mass is 576 g/mol. The van der Waals surface area contributed by atoms with E-state index < -0.39 is 60.7 Å². The Labute approximate surface area is 227 Å². The normalized spacial score (nSPS) is 16.1. The lowest BCUT2D eigenvalue weighted by Gasteiger charge is -2.35. The highest BCUT2D eigenvalue weighted by atomic mass is 32.2. The summed E-state index contributed by atoms with van der Waals surface area (Å²) in [5.74, 6) is -1.40. The minimum absolute atomic E-state index is 0.0107. The highest BCUT2D eigenvalue weighted by Gasteiger charge is 2.45. The summed E-state index contributed by atoms with van der Waals surface area (Å²) in [6.07, 6.45) is 0.838. The Morgan fingerprint density at radius 2 is 1.50 bits per heavy atom. The van der Waals surface area contributed by atoms with Crippen molar-refractivity contribution in [1.29, 1.82) is 0 Å². The SMILES string of the molecule is CNC(C)C(=O)NC(C(=O)NC(Cc1ccccc1)C(O)CN(CC(C)C)S(C)(=O)=O)C(C)(C)S(C)(=O)=O. The lowest BCUT2D eigenvalue weighted by Crippen LogP contribution is -2.64. The van der Waals surface area contributed by atoms with Crippen molar-refractivity contribution in [2.45, 2.75) is 70.0 Å². The van der Waals surface area contributed by atoms with Crippen LogP contribution in [0.4, 0.5) is 0 Å². The second kappa shape index (κ2) is 13.8.